The van der Waals surface area contributed by atoms with Gasteiger partial charge in [0.25, 0.3) is 0 Å². The molecule has 0 spiro atoms. The lowest BCUT2D eigenvalue weighted by Gasteiger charge is -2.06. The Labute approximate surface area is 144 Å². The fourth-order valence-corrected chi connectivity index (χ4v) is 4.29. The maximum Gasteiger partial charge on any atom is 0.419 e. The fraction of sp³-hybridized carbons (Fsp3) is 0.105. The van der Waals surface area contributed by atoms with E-state index in [2.05, 4.69) is 0 Å². The van der Waals surface area contributed by atoms with E-state index in [9.17, 15) is 13.2 Å². The number of hydrogen-bond acceptors (Lipinski definition) is 4. The first-order chi connectivity index (χ1) is 11.9. The Morgan fingerprint density at radius 3 is 2.52 bits per heavy atom. The van der Waals surface area contributed by atoms with Crippen LogP contribution in [0.2, 0.25) is 0 Å². The first-order valence-corrected chi connectivity index (χ1v) is 9.39. The van der Waals surface area contributed by atoms with E-state index in [-0.39, 0.29) is 16.2 Å². The predicted molar refractivity (Wildman–Crippen MR) is 96.3 cm³/mol. The molecule has 4 rings (SSSR count). The van der Waals surface area contributed by atoms with E-state index < -0.39 is 15.6 Å². The van der Waals surface area contributed by atoms with Crippen LogP contribution in [0.3, 0.4) is 0 Å². The summed E-state index contributed by atoms with van der Waals surface area (Å²) < 4.78 is 31.9. The van der Waals surface area contributed by atoms with Crippen molar-refractivity contribution in [3.8, 4) is 0 Å². The predicted octanol–water partition coefficient (Wildman–Crippen LogP) is 3.26. The van der Waals surface area contributed by atoms with Gasteiger partial charge >= 0.3 is 5.76 Å². The van der Waals surface area contributed by atoms with Gasteiger partial charge in [0.1, 0.15) is 0 Å². The van der Waals surface area contributed by atoms with E-state index in [4.69, 9.17) is 4.42 Å². The average molecular weight is 353 g/mol. The monoisotopic (exact) mass is 353 g/mol. The molecule has 0 saturated heterocycles. The third kappa shape index (κ3) is 2.74. The zero-order chi connectivity index (χ0) is 17.6. The zero-order valence-corrected chi connectivity index (χ0v) is 14.3. The molecule has 0 fully saturated rings. The van der Waals surface area contributed by atoms with Gasteiger partial charge < -0.3 is 4.42 Å². The molecule has 0 aliphatic rings. The number of nitrogens with zero attached hydrogens (tertiary/aromatic N) is 1. The van der Waals surface area contributed by atoms with Crippen LogP contribution < -0.4 is 5.76 Å². The molecule has 0 amide bonds. The van der Waals surface area contributed by atoms with Crippen LogP contribution in [0.15, 0.2) is 74.8 Å². The number of fused-ring (bicyclic) bond motifs is 2. The summed E-state index contributed by atoms with van der Waals surface area (Å²) in [4.78, 5) is 11.7. The minimum absolute atomic E-state index is 0.111. The standard InChI is InChI=1S/C19H15NO4S/c1-20-17-9-8-16(11-18(17)24-19(20)21)25(22,23)12-13-6-7-14-4-2-3-5-15(14)10-13/h2-11H,12H2,1H3. The smallest absolute Gasteiger partial charge is 0.408 e. The average Bonchev–Trinajstić information content (AvgIpc) is 2.88. The molecule has 0 radical (unpaired) electrons. The lowest BCUT2D eigenvalue weighted by atomic mass is 10.1. The molecule has 126 valence electrons. The maximum atomic E-state index is 12.7. The van der Waals surface area contributed by atoms with Crippen molar-refractivity contribution in [1.82, 2.24) is 4.57 Å². The van der Waals surface area contributed by atoms with E-state index in [0.717, 1.165) is 10.8 Å². The van der Waals surface area contributed by atoms with Crippen molar-refractivity contribution < 1.29 is 12.8 Å². The SMILES string of the molecule is Cn1c(=O)oc2cc(S(=O)(=O)Cc3ccc4ccccc4c3)ccc21. The highest BCUT2D eigenvalue weighted by molar-refractivity contribution is 7.90. The van der Waals surface area contributed by atoms with Crippen LogP contribution in [0.4, 0.5) is 0 Å². The van der Waals surface area contributed by atoms with Gasteiger partial charge in [0.05, 0.1) is 16.2 Å². The molecule has 0 N–H and O–H groups in total. The Morgan fingerprint density at radius 2 is 1.72 bits per heavy atom. The summed E-state index contributed by atoms with van der Waals surface area (Å²) in [6.45, 7) is 0. The van der Waals surface area contributed by atoms with Crippen molar-refractivity contribution in [1.29, 1.82) is 0 Å². The Balaban J connectivity index is 1.74. The number of benzene rings is 3. The Bertz CT molecular complexity index is 1270. The van der Waals surface area contributed by atoms with Gasteiger partial charge in [-0.25, -0.2) is 13.2 Å². The second kappa shape index (κ2) is 5.60. The number of aromatic nitrogens is 1. The van der Waals surface area contributed by atoms with Crippen molar-refractivity contribution in [2.75, 3.05) is 0 Å². The number of aryl methyl sites for hydroxylation is 1. The number of sulfone groups is 1. The van der Waals surface area contributed by atoms with Crippen molar-refractivity contribution >= 4 is 31.7 Å². The molecule has 0 aliphatic carbocycles. The van der Waals surface area contributed by atoms with Crippen LogP contribution in [0.5, 0.6) is 0 Å². The van der Waals surface area contributed by atoms with Gasteiger partial charge in [0.15, 0.2) is 15.4 Å². The molecule has 1 heterocycles. The molecule has 0 bridgehead atoms. The third-order valence-electron chi connectivity index (χ3n) is 4.29. The maximum absolute atomic E-state index is 12.7. The molecule has 3 aromatic carbocycles. The topological polar surface area (TPSA) is 69.3 Å². The molecule has 4 aromatic rings. The summed E-state index contributed by atoms with van der Waals surface area (Å²) in [5.74, 6) is -0.625. The fourth-order valence-electron chi connectivity index (χ4n) is 2.94. The molecule has 6 heteroatoms. The number of oxazole rings is 1. The van der Waals surface area contributed by atoms with Gasteiger partial charge in [-0.2, -0.15) is 0 Å². The van der Waals surface area contributed by atoms with Crippen molar-refractivity contribution in [3.63, 3.8) is 0 Å². The van der Waals surface area contributed by atoms with Crippen LogP contribution >= 0.6 is 0 Å². The normalized spacial score (nSPS) is 12.0. The zero-order valence-electron chi connectivity index (χ0n) is 13.5. The van der Waals surface area contributed by atoms with E-state index in [1.807, 2.05) is 42.5 Å². The van der Waals surface area contributed by atoms with E-state index in [0.29, 0.717) is 11.1 Å². The van der Waals surface area contributed by atoms with Crippen LogP contribution in [0.1, 0.15) is 5.56 Å². The molecular formula is C19H15NO4S. The first-order valence-electron chi connectivity index (χ1n) is 7.74. The molecule has 0 unspecified atom stereocenters. The molecule has 1 aromatic heterocycles. The van der Waals surface area contributed by atoms with E-state index in [1.54, 1.807) is 13.1 Å². The summed E-state index contributed by atoms with van der Waals surface area (Å²) in [5.41, 5.74) is 1.55. The summed E-state index contributed by atoms with van der Waals surface area (Å²) >= 11 is 0. The first kappa shape index (κ1) is 15.7. The lowest BCUT2D eigenvalue weighted by Crippen LogP contribution is -2.08. The lowest BCUT2D eigenvalue weighted by molar-refractivity contribution is 0.527. The highest BCUT2D eigenvalue weighted by Crippen LogP contribution is 2.23. The van der Waals surface area contributed by atoms with Crippen LogP contribution in [-0.4, -0.2) is 13.0 Å². The van der Waals surface area contributed by atoms with Gasteiger partial charge in [-0.05, 0) is 28.5 Å². The summed E-state index contributed by atoms with van der Waals surface area (Å²) in [6.07, 6.45) is 0. The summed E-state index contributed by atoms with van der Waals surface area (Å²) in [7, 11) is -1.97. The van der Waals surface area contributed by atoms with E-state index in [1.165, 1.54) is 16.7 Å². The van der Waals surface area contributed by atoms with Crippen LogP contribution in [0.25, 0.3) is 21.9 Å². The quantitative estimate of drug-likeness (QED) is 0.567. The Morgan fingerprint density at radius 1 is 0.960 bits per heavy atom. The van der Waals surface area contributed by atoms with Gasteiger partial charge in [-0.15, -0.1) is 0 Å². The molecular weight excluding hydrogens is 338 g/mol. The van der Waals surface area contributed by atoms with Crippen LogP contribution in [-0.2, 0) is 22.6 Å². The Hall–Kier alpha value is -2.86. The third-order valence-corrected chi connectivity index (χ3v) is 5.98. The minimum atomic E-state index is -3.55. The molecule has 0 saturated carbocycles. The van der Waals surface area contributed by atoms with Gasteiger partial charge in [0.2, 0.25) is 0 Å². The second-order valence-corrected chi connectivity index (χ2v) is 7.99. The second-order valence-electron chi connectivity index (χ2n) is 6.00. The number of hydrogen-bond donors (Lipinski definition) is 0. The van der Waals surface area contributed by atoms with Gasteiger partial charge in [-0.1, -0.05) is 42.5 Å². The number of rotatable bonds is 3. The van der Waals surface area contributed by atoms with Gasteiger partial charge in [-0.3, -0.25) is 4.57 Å². The van der Waals surface area contributed by atoms with Gasteiger partial charge in [0, 0.05) is 13.1 Å². The minimum Gasteiger partial charge on any atom is -0.408 e. The highest BCUT2D eigenvalue weighted by atomic mass is 32.2. The summed E-state index contributed by atoms with van der Waals surface area (Å²) in [6, 6.07) is 17.9. The molecule has 0 atom stereocenters. The highest BCUT2D eigenvalue weighted by Gasteiger charge is 2.18. The van der Waals surface area contributed by atoms with Crippen LogP contribution in [0, 0.1) is 0 Å². The van der Waals surface area contributed by atoms with Crippen molar-refractivity contribution in [2.24, 2.45) is 7.05 Å². The van der Waals surface area contributed by atoms with Crippen molar-refractivity contribution in [2.45, 2.75) is 10.6 Å². The van der Waals surface area contributed by atoms with E-state index >= 15 is 0 Å². The molecule has 25 heavy (non-hydrogen) atoms. The van der Waals surface area contributed by atoms with Crippen molar-refractivity contribution in [3.05, 3.63) is 76.8 Å². The largest absolute Gasteiger partial charge is 0.419 e. The molecule has 0 aliphatic heterocycles. The Kier molecular flexibility index (Phi) is 3.51. The summed E-state index contributed by atoms with van der Waals surface area (Å²) in [5, 5.41) is 2.07. The molecule has 5 nitrogen and oxygen atoms in total.